The first kappa shape index (κ1) is 21.9. The third kappa shape index (κ3) is 4.51. The van der Waals surface area contributed by atoms with E-state index in [2.05, 4.69) is 5.32 Å². The van der Waals surface area contributed by atoms with Gasteiger partial charge >= 0.3 is 0 Å². The summed E-state index contributed by atoms with van der Waals surface area (Å²) < 4.78 is 65.1. The summed E-state index contributed by atoms with van der Waals surface area (Å²) in [6.45, 7) is 1.82. The van der Waals surface area contributed by atoms with E-state index >= 15 is 0 Å². The molecule has 2 aromatic rings. The van der Waals surface area contributed by atoms with Crippen molar-refractivity contribution in [1.82, 2.24) is 0 Å². The molecule has 31 heavy (non-hydrogen) atoms. The summed E-state index contributed by atoms with van der Waals surface area (Å²) in [6.07, 6.45) is 3.62. The van der Waals surface area contributed by atoms with Crippen molar-refractivity contribution >= 4 is 25.4 Å². The number of benzene rings is 2. The van der Waals surface area contributed by atoms with Gasteiger partial charge in [0.2, 0.25) is 6.79 Å². The zero-order valence-corrected chi connectivity index (χ0v) is 19.0. The van der Waals surface area contributed by atoms with Crippen molar-refractivity contribution in [1.29, 1.82) is 0 Å². The van der Waals surface area contributed by atoms with E-state index in [0.29, 0.717) is 36.9 Å². The average molecular weight is 468 g/mol. The van der Waals surface area contributed by atoms with Gasteiger partial charge in [-0.05, 0) is 48.7 Å². The second-order valence-electron chi connectivity index (χ2n) is 8.02. The quantitative estimate of drug-likeness (QED) is 0.690. The summed E-state index contributed by atoms with van der Waals surface area (Å²) in [5.74, 6) is 1.40. The predicted octanol–water partition coefficient (Wildman–Crippen LogP) is 2.38. The topological polar surface area (TPSA) is 108 Å². The minimum absolute atomic E-state index is 0.0324. The lowest BCUT2D eigenvalue weighted by Crippen LogP contribution is -2.40. The third-order valence-electron chi connectivity index (χ3n) is 5.83. The Morgan fingerprint density at radius 2 is 1.61 bits per heavy atom. The third-order valence-corrected chi connectivity index (χ3v) is 8.08. The van der Waals surface area contributed by atoms with E-state index < -0.39 is 19.7 Å². The van der Waals surface area contributed by atoms with Crippen LogP contribution in [0.3, 0.4) is 0 Å². The van der Waals surface area contributed by atoms with Crippen LogP contribution >= 0.6 is 0 Å². The van der Waals surface area contributed by atoms with E-state index in [9.17, 15) is 16.8 Å². The molecule has 0 unspecified atom stereocenters. The second-order valence-corrected chi connectivity index (χ2v) is 12.0. The van der Waals surface area contributed by atoms with Gasteiger partial charge in [-0.3, -0.25) is 0 Å². The Morgan fingerprint density at radius 1 is 0.903 bits per heavy atom. The molecular formula is C21H25NO7S2. The molecule has 0 radical (unpaired) electrons. The molecule has 4 rings (SSSR count). The highest BCUT2D eigenvalue weighted by Crippen LogP contribution is 2.41. The Labute approximate surface area is 182 Å². The number of ether oxygens (including phenoxy) is 3. The Bertz CT molecular complexity index is 1200. The van der Waals surface area contributed by atoms with Crippen LogP contribution in [-0.4, -0.2) is 55.9 Å². The largest absolute Gasteiger partial charge is 0.454 e. The van der Waals surface area contributed by atoms with Crippen LogP contribution in [0.25, 0.3) is 0 Å². The van der Waals surface area contributed by atoms with Gasteiger partial charge in [0.1, 0.15) is 0 Å². The van der Waals surface area contributed by atoms with Crippen LogP contribution in [0.5, 0.6) is 11.5 Å². The summed E-state index contributed by atoms with van der Waals surface area (Å²) in [5, 5.41) is 3.27. The highest BCUT2D eigenvalue weighted by Gasteiger charge is 2.36. The zero-order valence-electron chi connectivity index (χ0n) is 17.4. The lowest BCUT2D eigenvalue weighted by molar-refractivity contribution is 0.0543. The normalized spacial score (nSPS) is 18.0. The number of rotatable bonds is 6. The van der Waals surface area contributed by atoms with Crippen molar-refractivity contribution in [2.24, 2.45) is 0 Å². The van der Waals surface area contributed by atoms with Gasteiger partial charge in [0, 0.05) is 37.7 Å². The fourth-order valence-electron chi connectivity index (χ4n) is 4.01. The fourth-order valence-corrected chi connectivity index (χ4v) is 5.61. The van der Waals surface area contributed by atoms with Crippen LogP contribution in [-0.2, 0) is 29.8 Å². The number of nitrogens with one attached hydrogen (secondary N) is 1. The molecule has 8 nitrogen and oxygen atoms in total. The number of hydrogen-bond acceptors (Lipinski definition) is 8. The number of anilines is 1. The molecule has 0 aliphatic carbocycles. The monoisotopic (exact) mass is 467 g/mol. The Kier molecular flexibility index (Phi) is 5.65. The predicted molar refractivity (Wildman–Crippen MR) is 115 cm³/mol. The number of hydrogen-bond donors (Lipinski definition) is 1. The molecule has 168 valence electrons. The van der Waals surface area contributed by atoms with E-state index in [1.807, 2.05) is 18.2 Å². The van der Waals surface area contributed by atoms with Crippen molar-refractivity contribution in [3.63, 3.8) is 0 Å². The fraction of sp³-hybridized carbons (Fsp3) is 0.429. The van der Waals surface area contributed by atoms with Crippen molar-refractivity contribution in [3.8, 4) is 11.5 Å². The van der Waals surface area contributed by atoms with Gasteiger partial charge in [0.15, 0.2) is 31.2 Å². The smallest absolute Gasteiger partial charge is 0.231 e. The first-order valence-corrected chi connectivity index (χ1v) is 13.6. The van der Waals surface area contributed by atoms with Crippen LogP contribution in [0.4, 0.5) is 5.69 Å². The molecular weight excluding hydrogens is 442 g/mol. The van der Waals surface area contributed by atoms with Gasteiger partial charge in [0.25, 0.3) is 0 Å². The van der Waals surface area contributed by atoms with Gasteiger partial charge in [-0.15, -0.1) is 0 Å². The maximum Gasteiger partial charge on any atom is 0.231 e. The second kappa shape index (κ2) is 7.99. The first-order valence-electron chi connectivity index (χ1n) is 9.84. The highest BCUT2D eigenvalue weighted by molar-refractivity contribution is 7.91. The molecule has 0 aromatic heterocycles. The Hall–Kier alpha value is -2.30. The van der Waals surface area contributed by atoms with E-state index in [4.69, 9.17) is 14.2 Å². The van der Waals surface area contributed by atoms with E-state index in [1.165, 1.54) is 18.2 Å². The van der Waals surface area contributed by atoms with Gasteiger partial charge in [-0.25, -0.2) is 16.8 Å². The van der Waals surface area contributed by atoms with E-state index in [0.717, 1.165) is 30.9 Å². The van der Waals surface area contributed by atoms with Gasteiger partial charge < -0.3 is 19.5 Å². The molecule has 0 spiro atoms. The highest BCUT2D eigenvalue weighted by atomic mass is 32.2. The zero-order chi connectivity index (χ0) is 22.3. The lowest BCUT2D eigenvalue weighted by atomic mass is 9.74. The average Bonchev–Trinajstić information content (AvgIpc) is 3.19. The maximum absolute atomic E-state index is 12.4. The van der Waals surface area contributed by atoms with E-state index in [-0.39, 0.29) is 22.0 Å². The van der Waals surface area contributed by atoms with Crippen LogP contribution in [0.15, 0.2) is 46.2 Å². The molecule has 0 amide bonds. The Balaban J connectivity index is 1.68. The maximum atomic E-state index is 12.4. The van der Waals surface area contributed by atoms with Crippen molar-refractivity contribution in [3.05, 3.63) is 42.0 Å². The van der Waals surface area contributed by atoms with Gasteiger partial charge in [0.05, 0.1) is 15.5 Å². The molecule has 2 aliphatic rings. The summed E-state index contributed by atoms with van der Waals surface area (Å²) in [4.78, 5) is -0.0710. The Morgan fingerprint density at radius 3 is 2.29 bits per heavy atom. The molecule has 1 N–H and O–H groups in total. The van der Waals surface area contributed by atoms with Crippen molar-refractivity contribution in [2.45, 2.75) is 28.0 Å². The minimum Gasteiger partial charge on any atom is -0.454 e. The number of fused-ring (bicyclic) bond motifs is 1. The molecule has 0 bridgehead atoms. The molecule has 1 saturated heterocycles. The molecule has 0 atom stereocenters. The first-order chi connectivity index (χ1) is 14.6. The molecule has 0 saturated carbocycles. The summed E-state index contributed by atoms with van der Waals surface area (Å²) in [6, 6.07) is 10.0. The van der Waals surface area contributed by atoms with Crippen LogP contribution in [0.2, 0.25) is 0 Å². The molecule has 10 heteroatoms. The molecule has 2 aromatic carbocycles. The summed E-state index contributed by atoms with van der Waals surface area (Å²) in [5.41, 5.74) is 1.13. The van der Waals surface area contributed by atoms with Crippen LogP contribution in [0.1, 0.15) is 18.4 Å². The van der Waals surface area contributed by atoms with Gasteiger partial charge in [-0.2, -0.15) is 0 Å². The summed E-state index contributed by atoms with van der Waals surface area (Å²) >= 11 is 0. The lowest BCUT2D eigenvalue weighted by Gasteiger charge is -2.38. The minimum atomic E-state index is -3.65. The molecule has 1 fully saturated rings. The van der Waals surface area contributed by atoms with E-state index in [1.54, 1.807) is 0 Å². The molecule has 2 aliphatic heterocycles. The molecule has 2 heterocycles. The number of sulfone groups is 2. The van der Waals surface area contributed by atoms with Gasteiger partial charge in [-0.1, -0.05) is 6.07 Å². The van der Waals surface area contributed by atoms with Crippen molar-refractivity contribution in [2.75, 3.05) is 44.4 Å². The van der Waals surface area contributed by atoms with Crippen LogP contribution in [0, 0.1) is 0 Å². The SMILES string of the molecule is CS(=O)(=O)c1ccc(NCC2(c3ccc4c(c3)OCO4)CCOCC2)c(S(C)(=O)=O)c1. The van der Waals surface area contributed by atoms with Crippen molar-refractivity contribution < 1.29 is 31.0 Å². The van der Waals surface area contributed by atoms with Crippen LogP contribution < -0.4 is 14.8 Å². The summed E-state index contributed by atoms with van der Waals surface area (Å²) in [7, 11) is -7.18. The standard InChI is InChI=1S/C21H25NO7S2/c1-30(23,24)16-4-5-17(20(12-16)31(2,25)26)22-13-21(7-9-27-10-8-21)15-3-6-18-19(11-15)29-14-28-18/h3-6,11-12,22H,7-10,13-14H2,1-2H3.